The first-order chi connectivity index (χ1) is 15.9. The van der Waals surface area contributed by atoms with E-state index in [4.69, 9.17) is 5.26 Å². The van der Waals surface area contributed by atoms with Crippen LogP contribution in [0.5, 0.6) is 0 Å². The molecule has 8 atom stereocenters. The lowest BCUT2D eigenvalue weighted by atomic mass is 9.44. The number of nitrogens with zero attached hydrogens (tertiary/aromatic N) is 3. The molecular weight excluding hydrogens is 410 g/mol. The number of nitriles is 1. The van der Waals surface area contributed by atoms with Crippen molar-refractivity contribution in [2.24, 2.45) is 40.9 Å². The van der Waals surface area contributed by atoms with E-state index in [9.17, 15) is 9.90 Å². The van der Waals surface area contributed by atoms with Crippen molar-refractivity contribution in [2.45, 2.75) is 103 Å². The van der Waals surface area contributed by atoms with Gasteiger partial charge in [0.05, 0.1) is 23.9 Å². The van der Waals surface area contributed by atoms with Gasteiger partial charge in [-0.25, -0.2) is 0 Å². The first-order valence-corrected chi connectivity index (χ1v) is 13.5. The number of hydrogen-bond acceptors (Lipinski definition) is 4. The highest BCUT2D eigenvalue weighted by molar-refractivity contribution is 5.81. The number of ketones is 1. The van der Waals surface area contributed by atoms with Crippen molar-refractivity contribution in [3.8, 4) is 6.07 Å². The van der Waals surface area contributed by atoms with Crippen LogP contribution in [0.2, 0.25) is 0 Å². The fraction of sp³-hybridized carbons (Fsp3) is 0.821. The second kappa shape index (κ2) is 8.84. The van der Waals surface area contributed by atoms with Crippen LogP contribution >= 0.6 is 0 Å². The minimum atomic E-state index is -0.478. The molecule has 4 fully saturated rings. The van der Waals surface area contributed by atoms with Crippen LogP contribution in [0.1, 0.15) is 96.5 Å². The summed E-state index contributed by atoms with van der Waals surface area (Å²) in [6.45, 7) is 4.69. The molecule has 180 valence electrons. The molecule has 4 aliphatic carbocycles. The zero-order chi connectivity index (χ0) is 23.2. The van der Waals surface area contributed by atoms with Crippen molar-refractivity contribution in [1.82, 2.24) is 9.78 Å². The van der Waals surface area contributed by atoms with Crippen LogP contribution < -0.4 is 0 Å². The SMILES string of the molecule is CC[C@]12CC[C@H]3[C@@H](CC[C@@H]4C[C@](C)(O)CCC[C@@H]43)[C@@H]1CCC[C@@H]2C(=O)Cn1cc(C#N)cn1. The van der Waals surface area contributed by atoms with Crippen LogP contribution in [0.3, 0.4) is 0 Å². The van der Waals surface area contributed by atoms with Gasteiger partial charge in [-0.05, 0) is 106 Å². The fourth-order valence-electron chi connectivity index (χ4n) is 9.27. The van der Waals surface area contributed by atoms with Crippen molar-refractivity contribution >= 4 is 5.78 Å². The molecule has 1 aromatic rings. The van der Waals surface area contributed by atoms with Crippen molar-refractivity contribution in [1.29, 1.82) is 5.26 Å². The molecule has 0 aromatic carbocycles. The Morgan fingerprint density at radius 1 is 1.15 bits per heavy atom. The van der Waals surface area contributed by atoms with E-state index >= 15 is 0 Å². The minimum absolute atomic E-state index is 0.129. The number of fused-ring (bicyclic) bond motifs is 5. The third-order valence-corrected chi connectivity index (χ3v) is 10.6. The van der Waals surface area contributed by atoms with Crippen LogP contribution in [-0.2, 0) is 11.3 Å². The van der Waals surface area contributed by atoms with E-state index in [0.29, 0.717) is 29.7 Å². The Balaban J connectivity index is 1.37. The van der Waals surface area contributed by atoms with E-state index in [1.54, 1.807) is 17.1 Å². The molecule has 0 amide bonds. The largest absolute Gasteiger partial charge is 0.390 e. The Bertz CT molecular complexity index is 914. The van der Waals surface area contributed by atoms with Crippen LogP contribution in [0, 0.1) is 52.3 Å². The van der Waals surface area contributed by atoms with Gasteiger partial charge in [-0.3, -0.25) is 9.48 Å². The van der Waals surface area contributed by atoms with E-state index in [1.807, 2.05) is 0 Å². The van der Waals surface area contributed by atoms with Gasteiger partial charge in [0.1, 0.15) is 6.07 Å². The molecule has 0 unspecified atom stereocenters. The van der Waals surface area contributed by atoms with Crippen molar-refractivity contribution in [3.05, 3.63) is 18.0 Å². The third kappa shape index (κ3) is 4.07. The summed E-state index contributed by atoms with van der Waals surface area (Å²) in [7, 11) is 0. The molecule has 5 heteroatoms. The van der Waals surface area contributed by atoms with Gasteiger partial charge in [-0.15, -0.1) is 0 Å². The number of Topliss-reactive ketones (excluding diaryl/α,β-unsaturated/α-hetero) is 1. The highest BCUT2D eigenvalue weighted by Crippen LogP contribution is 2.64. The zero-order valence-corrected chi connectivity index (χ0v) is 20.5. The highest BCUT2D eigenvalue weighted by atomic mass is 16.3. The van der Waals surface area contributed by atoms with Crippen LogP contribution in [0.25, 0.3) is 0 Å². The van der Waals surface area contributed by atoms with Crippen LogP contribution in [0.4, 0.5) is 0 Å². The molecule has 4 aliphatic rings. The maximum Gasteiger partial charge on any atom is 0.157 e. The summed E-state index contributed by atoms with van der Waals surface area (Å²) in [6.07, 6.45) is 17.2. The third-order valence-electron chi connectivity index (χ3n) is 10.6. The maximum absolute atomic E-state index is 13.6. The summed E-state index contributed by atoms with van der Waals surface area (Å²) in [5, 5.41) is 24.2. The molecule has 1 N–H and O–H groups in total. The molecule has 0 spiro atoms. The lowest BCUT2D eigenvalue weighted by molar-refractivity contribution is -0.148. The summed E-state index contributed by atoms with van der Waals surface area (Å²) >= 11 is 0. The van der Waals surface area contributed by atoms with Crippen molar-refractivity contribution in [2.75, 3.05) is 0 Å². The number of aromatic nitrogens is 2. The Hall–Kier alpha value is -1.67. The molecule has 0 bridgehead atoms. The predicted octanol–water partition coefficient (Wildman–Crippen LogP) is 5.51. The van der Waals surface area contributed by atoms with Crippen molar-refractivity contribution < 1.29 is 9.90 Å². The summed E-state index contributed by atoms with van der Waals surface area (Å²) in [6, 6.07) is 2.12. The summed E-state index contributed by atoms with van der Waals surface area (Å²) in [5.74, 6) is 4.14. The first kappa shape index (κ1) is 23.1. The molecule has 4 saturated carbocycles. The average Bonchev–Trinajstić information content (AvgIpc) is 3.19. The Kier molecular flexibility index (Phi) is 6.18. The molecule has 0 aliphatic heterocycles. The Morgan fingerprint density at radius 3 is 2.76 bits per heavy atom. The molecule has 33 heavy (non-hydrogen) atoms. The summed E-state index contributed by atoms with van der Waals surface area (Å²) in [5.41, 5.74) is 0.188. The van der Waals surface area contributed by atoms with E-state index in [0.717, 1.165) is 56.3 Å². The highest BCUT2D eigenvalue weighted by Gasteiger charge is 2.57. The normalized spacial score (nSPS) is 42.8. The molecule has 0 saturated heterocycles. The lowest BCUT2D eigenvalue weighted by Crippen LogP contribution is -2.55. The number of carbonyl (C=O) groups is 1. The quantitative estimate of drug-likeness (QED) is 0.654. The average molecular weight is 452 g/mol. The van der Waals surface area contributed by atoms with E-state index in [1.165, 1.54) is 38.5 Å². The van der Waals surface area contributed by atoms with Gasteiger partial charge >= 0.3 is 0 Å². The maximum atomic E-state index is 13.6. The zero-order valence-electron chi connectivity index (χ0n) is 20.5. The predicted molar refractivity (Wildman–Crippen MR) is 127 cm³/mol. The van der Waals surface area contributed by atoms with Crippen LogP contribution in [-0.4, -0.2) is 26.3 Å². The summed E-state index contributed by atoms with van der Waals surface area (Å²) in [4.78, 5) is 13.6. The number of hydrogen-bond donors (Lipinski definition) is 1. The van der Waals surface area contributed by atoms with Gasteiger partial charge in [0.2, 0.25) is 0 Å². The smallest absolute Gasteiger partial charge is 0.157 e. The van der Waals surface area contributed by atoms with Crippen LogP contribution in [0.15, 0.2) is 12.4 Å². The molecule has 1 heterocycles. The molecule has 5 nitrogen and oxygen atoms in total. The molecule has 1 aromatic heterocycles. The van der Waals surface area contributed by atoms with Gasteiger partial charge < -0.3 is 5.11 Å². The Labute approximate surface area is 198 Å². The van der Waals surface area contributed by atoms with E-state index in [2.05, 4.69) is 25.0 Å². The first-order valence-electron chi connectivity index (χ1n) is 13.5. The van der Waals surface area contributed by atoms with E-state index < -0.39 is 5.60 Å². The lowest BCUT2D eigenvalue weighted by Gasteiger charge is -2.60. The Morgan fingerprint density at radius 2 is 2.00 bits per heavy atom. The molecular formula is C28H41N3O2. The summed E-state index contributed by atoms with van der Waals surface area (Å²) < 4.78 is 1.67. The fourth-order valence-corrected chi connectivity index (χ4v) is 9.27. The van der Waals surface area contributed by atoms with Gasteiger partial charge in [0, 0.05) is 12.1 Å². The number of rotatable bonds is 4. The molecule has 0 radical (unpaired) electrons. The monoisotopic (exact) mass is 451 g/mol. The van der Waals surface area contributed by atoms with Crippen molar-refractivity contribution in [3.63, 3.8) is 0 Å². The van der Waals surface area contributed by atoms with E-state index in [-0.39, 0.29) is 11.3 Å². The standard InChI is InChI=1S/C28H41N3O2/c1-3-28-13-11-22-21-6-5-12-27(2,33)14-20(21)9-10-23(22)24(28)7-4-8-25(28)26(32)18-31-17-19(15-29)16-30-31/h16-17,20-25,33H,3-14,18H2,1-2H3/t20-,21+,22-,23-,24+,25-,27-,28+/m1/s1. The second-order valence-electron chi connectivity index (χ2n) is 12.1. The topological polar surface area (TPSA) is 78.9 Å². The van der Waals surface area contributed by atoms with Gasteiger partial charge in [0.15, 0.2) is 5.78 Å². The van der Waals surface area contributed by atoms with Gasteiger partial charge in [-0.1, -0.05) is 19.8 Å². The van der Waals surface area contributed by atoms with Gasteiger partial charge in [0.25, 0.3) is 0 Å². The number of carbonyl (C=O) groups excluding carboxylic acids is 1. The number of aliphatic hydroxyl groups is 1. The minimum Gasteiger partial charge on any atom is -0.390 e. The van der Waals surface area contributed by atoms with Gasteiger partial charge in [-0.2, -0.15) is 10.4 Å². The molecule has 5 rings (SSSR count). The second-order valence-corrected chi connectivity index (χ2v) is 12.1.